The molecule has 5 rings (SSSR count). The van der Waals surface area contributed by atoms with Crippen molar-refractivity contribution in [1.82, 2.24) is 4.90 Å². The average Bonchev–Trinajstić information content (AvgIpc) is 2.92. The van der Waals surface area contributed by atoms with E-state index in [0.29, 0.717) is 17.2 Å². The fourth-order valence-corrected chi connectivity index (χ4v) is 6.69. The van der Waals surface area contributed by atoms with Gasteiger partial charge in [0.2, 0.25) is 0 Å². The summed E-state index contributed by atoms with van der Waals surface area (Å²) < 4.78 is 0. The van der Waals surface area contributed by atoms with Crippen molar-refractivity contribution in [2.45, 2.75) is 68.6 Å². The molecule has 38 heavy (non-hydrogen) atoms. The van der Waals surface area contributed by atoms with Crippen LogP contribution in [0.4, 0.5) is 5.69 Å². The number of aliphatic carboxylic acids is 2. The molecule has 1 saturated heterocycles. The Bertz CT molecular complexity index is 1090. The SMILES string of the molecule is O=C(O)[C@H](O)[C@@H](O)C(=O)O.Oc1ccc2c(c1)[C@@]13CCCC[C@H]1[C@@H](C2)N(CCCNc1ccccc1)CC3. The molecule has 5 atom stereocenters. The van der Waals surface area contributed by atoms with E-state index in [4.69, 9.17) is 20.4 Å². The number of nitrogens with one attached hydrogen (secondary N) is 1. The first-order chi connectivity index (χ1) is 18.2. The fourth-order valence-electron chi connectivity index (χ4n) is 6.69. The number of carbonyl (C=O) groups is 2. The molecule has 1 saturated carbocycles. The molecule has 2 aromatic rings. The minimum absolute atomic E-state index is 0.327. The number of phenols is 1. The summed E-state index contributed by atoms with van der Waals surface area (Å²) in [7, 11) is 0. The summed E-state index contributed by atoms with van der Waals surface area (Å²) in [6.45, 7) is 3.43. The van der Waals surface area contributed by atoms with Crippen LogP contribution in [-0.2, 0) is 21.4 Å². The standard InChI is InChI=1S/C25H32N2O.C4H6O6/c28-21-11-10-19-17-24-22-9-4-5-12-25(22,23(19)18-21)13-16-27(24)15-6-14-26-20-7-2-1-3-8-20;5-1(3(7)8)2(6)4(9)10/h1-3,7-8,10-11,18,22,24,26,28H,4-6,9,12-17H2;1-2,5-6H,(H,7,8)(H,9,10)/t22-,24+,25+;1-,2-/m01/s1. The van der Waals surface area contributed by atoms with Crippen LogP contribution >= 0.6 is 0 Å². The highest BCUT2D eigenvalue weighted by Gasteiger charge is 2.53. The maximum atomic E-state index is 10.1. The number of rotatable bonds is 8. The highest BCUT2D eigenvalue weighted by Crippen LogP contribution is 2.56. The van der Waals surface area contributed by atoms with Crippen molar-refractivity contribution in [2.24, 2.45) is 5.92 Å². The molecule has 2 aromatic carbocycles. The van der Waals surface area contributed by atoms with Crippen LogP contribution in [0.25, 0.3) is 0 Å². The zero-order chi connectivity index (χ0) is 27.3. The van der Waals surface area contributed by atoms with Gasteiger partial charge in [0, 0.05) is 30.2 Å². The molecule has 2 fully saturated rings. The number of anilines is 1. The van der Waals surface area contributed by atoms with E-state index in [2.05, 4.69) is 52.7 Å². The number of para-hydroxylation sites is 1. The first-order valence-electron chi connectivity index (χ1n) is 13.4. The molecule has 6 N–H and O–H groups in total. The lowest BCUT2D eigenvalue weighted by molar-refractivity contribution is -0.165. The van der Waals surface area contributed by atoms with Crippen LogP contribution in [-0.4, -0.2) is 80.3 Å². The zero-order valence-corrected chi connectivity index (χ0v) is 21.5. The van der Waals surface area contributed by atoms with Crippen molar-refractivity contribution in [3.8, 4) is 5.75 Å². The largest absolute Gasteiger partial charge is 0.508 e. The summed E-state index contributed by atoms with van der Waals surface area (Å²) in [6.07, 6.45) is 4.47. The van der Waals surface area contributed by atoms with Gasteiger partial charge >= 0.3 is 11.9 Å². The smallest absolute Gasteiger partial charge is 0.335 e. The van der Waals surface area contributed by atoms with Gasteiger partial charge in [-0.3, -0.25) is 4.90 Å². The lowest BCUT2D eigenvalue weighted by Gasteiger charge is -2.59. The summed E-state index contributed by atoms with van der Waals surface area (Å²) in [4.78, 5) is 22.3. The predicted octanol–water partition coefficient (Wildman–Crippen LogP) is 2.83. The third-order valence-corrected chi connectivity index (χ3v) is 8.47. The molecule has 1 aliphatic heterocycles. The number of nitrogens with zero attached hydrogens (tertiary/aromatic N) is 1. The molecule has 9 nitrogen and oxygen atoms in total. The van der Waals surface area contributed by atoms with Gasteiger partial charge in [-0.25, -0.2) is 9.59 Å². The average molecular weight is 527 g/mol. The van der Waals surface area contributed by atoms with E-state index in [1.807, 2.05) is 6.07 Å². The number of likely N-dealkylation sites (tertiary alicyclic amines) is 1. The van der Waals surface area contributed by atoms with E-state index in [-0.39, 0.29) is 0 Å². The predicted molar refractivity (Wildman–Crippen MR) is 142 cm³/mol. The van der Waals surface area contributed by atoms with Crippen LogP contribution < -0.4 is 5.32 Å². The van der Waals surface area contributed by atoms with Crippen LogP contribution in [0.5, 0.6) is 5.75 Å². The van der Waals surface area contributed by atoms with Crippen LogP contribution in [0.15, 0.2) is 48.5 Å². The van der Waals surface area contributed by atoms with Crippen molar-refractivity contribution in [3.05, 3.63) is 59.7 Å². The van der Waals surface area contributed by atoms with E-state index in [9.17, 15) is 14.7 Å². The Kier molecular flexibility index (Phi) is 8.91. The first-order valence-corrected chi connectivity index (χ1v) is 13.4. The molecule has 9 heteroatoms. The van der Waals surface area contributed by atoms with Crippen molar-refractivity contribution >= 4 is 17.6 Å². The molecule has 0 radical (unpaired) electrons. The van der Waals surface area contributed by atoms with Gasteiger partial charge in [0.15, 0.2) is 12.2 Å². The number of aliphatic hydroxyl groups excluding tert-OH is 2. The van der Waals surface area contributed by atoms with Gasteiger partial charge in [0.25, 0.3) is 0 Å². The number of phenolic OH excluding ortho intramolecular Hbond substituents is 1. The Morgan fingerprint density at radius 3 is 2.39 bits per heavy atom. The minimum atomic E-state index is -2.27. The van der Waals surface area contributed by atoms with Crippen LogP contribution in [0, 0.1) is 5.92 Å². The molecular formula is C29H38N2O7. The van der Waals surface area contributed by atoms with Crippen molar-refractivity contribution in [2.75, 3.05) is 25.0 Å². The molecule has 0 unspecified atom stereocenters. The van der Waals surface area contributed by atoms with E-state index in [0.717, 1.165) is 18.9 Å². The molecule has 0 spiro atoms. The number of aromatic hydroxyl groups is 1. The number of carboxylic acid groups (broad SMARTS) is 2. The Hall–Kier alpha value is -3.14. The Morgan fingerprint density at radius 1 is 1.00 bits per heavy atom. The van der Waals surface area contributed by atoms with Gasteiger partial charge in [-0.2, -0.15) is 0 Å². The third-order valence-electron chi connectivity index (χ3n) is 8.47. The molecule has 0 amide bonds. The molecule has 3 aliphatic rings. The molecule has 0 aromatic heterocycles. The number of aliphatic hydroxyl groups is 2. The Morgan fingerprint density at radius 2 is 1.71 bits per heavy atom. The quantitative estimate of drug-likeness (QED) is 0.285. The molecular weight excluding hydrogens is 488 g/mol. The van der Waals surface area contributed by atoms with Crippen molar-refractivity contribution in [1.29, 1.82) is 0 Å². The van der Waals surface area contributed by atoms with E-state index in [1.54, 1.807) is 0 Å². The fraction of sp³-hybridized carbons (Fsp3) is 0.517. The second kappa shape index (κ2) is 12.1. The van der Waals surface area contributed by atoms with Gasteiger partial charge in [-0.1, -0.05) is 37.1 Å². The van der Waals surface area contributed by atoms with Gasteiger partial charge < -0.3 is 30.8 Å². The highest BCUT2D eigenvalue weighted by atomic mass is 16.4. The number of benzene rings is 2. The van der Waals surface area contributed by atoms with Crippen LogP contribution in [0.2, 0.25) is 0 Å². The second-order valence-corrected chi connectivity index (χ2v) is 10.6. The topological polar surface area (TPSA) is 151 Å². The number of fused-ring (bicyclic) bond motifs is 1. The lowest BCUT2D eigenvalue weighted by atomic mass is 9.52. The van der Waals surface area contributed by atoms with Gasteiger partial charge in [-0.15, -0.1) is 0 Å². The third kappa shape index (κ3) is 5.95. The van der Waals surface area contributed by atoms with Crippen molar-refractivity contribution in [3.63, 3.8) is 0 Å². The number of hydrogen-bond acceptors (Lipinski definition) is 7. The first kappa shape index (κ1) is 27.9. The number of hydrogen-bond donors (Lipinski definition) is 6. The summed E-state index contributed by atoms with van der Waals surface area (Å²) >= 11 is 0. The molecule has 206 valence electrons. The second-order valence-electron chi connectivity index (χ2n) is 10.6. The number of piperidine rings is 1. The normalized spacial score (nSPS) is 25.5. The molecule has 1 heterocycles. The summed E-state index contributed by atoms with van der Waals surface area (Å²) in [5.41, 5.74) is 4.53. The van der Waals surface area contributed by atoms with E-state index >= 15 is 0 Å². The maximum Gasteiger partial charge on any atom is 0.335 e. The summed E-state index contributed by atoms with van der Waals surface area (Å²) in [5.74, 6) is -2.32. The summed E-state index contributed by atoms with van der Waals surface area (Å²) in [6, 6.07) is 17.4. The lowest BCUT2D eigenvalue weighted by Crippen LogP contribution is -2.61. The van der Waals surface area contributed by atoms with Crippen molar-refractivity contribution < 1.29 is 35.1 Å². The van der Waals surface area contributed by atoms with Gasteiger partial charge in [-0.05, 0) is 80.0 Å². The van der Waals surface area contributed by atoms with E-state index < -0.39 is 24.1 Å². The van der Waals surface area contributed by atoms with Gasteiger partial charge in [0.1, 0.15) is 5.75 Å². The van der Waals surface area contributed by atoms with Crippen LogP contribution in [0.1, 0.15) is 49.7 Å². The Balaban J connectivity index is 0.000000289. The van der Waals surface area contributed by atoms with Gasteiger partial charge in [0.05, 0.1) is 0 Å². The summed E-state index contributed by atoms with van der Waals surface area (Å²) in [5, 5.41) is 46.2. The monoisotopic (exact) mass is 526 g/mol. The molecule has 2 bridgehead atoms. The maximum absolute atomic E-state index is 10.1. The highest BCUT2D eigenvalue weighted by molar-refractivity contribution is 5.83. The minimum Gasteiger partial charge on any atom is -0.508 e. The van der Waals surface area contributed by atoms with E-state index in [1.165, 1.54) is 68.4 Å². The zero-order valence-electron chi connectivity index (χ0n) is 21.5. The molecule has 2 aliphatic carbocycles. The Labute approximate surface area is 222 Å². The van der Waals surface area contributed by atoms with Crippen LogP contribution in [0.3, 0.4) is 0 Å². The number of carboxylic acids is 2.